The van der Waals surface area contributed by atoms with Gasteiger partial charge in [-0.15, -0.1) is 0 Å². The Labute approximate surface area is 176 Å². The molecule has 2 fully saturated rings. The lowest BCUT2D eigenvalue weighted by molar-refractivity contribution is 0.0398. The molecule has 0 radical (unpaired) electrons. The number of nitrogens with zero attached hydrogens (tertiary/aromatic N) is 6. The van der Waals surface area contributed by atoms with Gasteiger partial charge in [0.25, 0.3) is 5.56 Å². The Morgan fingerprint density at radius 3 is 2.63 bits per heavy atom. The van der Waals surface area contributed by atoms with Crippen LogP contribution in [-0.4, -0.2) is 102 Å². The van der Waals surface area contributed by atoms with Gasteiger partial charge in [0.05, 0.1) is 24.6 Å². The van der Waals surface area contributed by atoms with Gasteiger partial charge in [-0.3, -0.25) is 14.7 Å². The summed E-state index contributed by atoms with van der Waals surface area (Å²) in [5.41, 5.74) is 1.97. The first-order chi connectivity index (χ1) is 14.6. The van der Waals surface area contributed by atoms with E-state index < -0.39 is 0 Å². The molecule has 162 valence electrons. The lowest BCUT2D eigenvalue weighted by atomic mass is 10.2. The van der Waals surface area contributed by atoms with E-state index >= 15 is 0 Å². The standard InChI is InChI=1S/C20H30N8O2/c1-15-16(14-22-20(23-15)28-7-5-26(2)6-8-28)17-13-18(29)25-19(24-17)21-3-4-27-9-11-30-12-10-27/h13-14H,3-12H2,1-2H3,(H2,21,24,25,29). The molecule has 0 bridgehead atoms. The summed E-state index contributed by atoms with van der Waals surface area (Å²) in [4.78, 5) is 35.6. The van der Waals surface area contributed by atoms with Crippen LogP contribution in [-0.2, 0) is 4.74 Å². The zero-order valence-electron chi connectivity index (χ0n) is 17.7. The second-order valence-electron chi connectivity index (χ2n) is 7.82. The van der Waals surface area contributed by atoms with E-state index in [-0.39, 0.29) is 5.56 Å². The summed E-state index contributed by atoms with van der Waals surface area (Å²) >= 11 is 0. The highest BCUT2D eigenvalue weighted by Crippen LogP contribution is 2.21. The van der Waals surface area contributed by atoms with Crippen LogP contribution in [0.5, 0.6) is 0 Å². The Morgan fingerprint density at radius 2 is 1.90 bits per heavy atom. The summed E-state index contributed by atoms with van der Waals surface area (Å²) in [7, 11) is 2.12. The van der Waals surface area contributed by atoms with E-state index in [1.54, 1.807) is 6.20 Å². The predicted molar refractivity (Wildman–Crippen MR) is 116 cm³/mol. The van der Waals surface area contributed by atoms with Crippen molar-refractivity contribution in [2.24, 2.45) is 0 Å². The van der Waals surface area contributed by atoms with E-state index in [0.29, 0.717) is 18.2 Å². The molecule has 2 saturated heterocycles. The van der Waals surface area contributed by atoms with E-state index in [1.165, 1.54) is 6.07 Å². The van der Waals surface area contributed by atoms with Crippen molar-refractivity contribution in [2.45, 2.75) is 6.92 Å². The second kappa shape index (κ2) is 9.50. The highest BCUT2D eigenvalue weighted by Gasteiger charge is 2.18. The summed E-state index contributed by atoms with van der Waals surface area (Å²) in [6.07, 6.45) is 1.77. The molecule has 10 nitrogen and oxygen atoms in total. The Morgan fingerprint density at radius 1 is 1.13 bits per heavy atom. The van der Waals surface area contributed by atoms with Gasteiger partial charge in [0.15, 0.2) is 0 Å². The van der Waals surface area contributed by atoms with Crippen LogP contribution in [0.3, 0.4) is 0 Å². The first kappa shape index (κ1) is 20.7. The summed E-state index contributed by atoms with van der Waals surface area (Å²) in [6.45, 7) is 10.7. The Balaban J connectivity index is 1.44. The summed E-state index contributed by atoms with van der Waals surface area (Å²) in [5, 5.41) is 3.23. The van der Waals surface area contributed by atoms with Gasteiger partial charge in [0.2, 0.25) is 11.9 Å². The van der Waals surface area contributed by atoms with E-state index in [1.807, 2.05) is 6.92 Å². The van der Waals surface area contributed by atoms with Crippen LogP contribution in [0.4, 0.5) is 11.9 Å². The number of aryl methyl sites for hydroxylation is 1. The highest BCUT2D eigenvalue weighted by molar-refractivity contribution is 5.62. The van der Waals surface area contributed by atoms with E-state index in [0.717, 1.165) is 76.2 Å². The molecule has 2 aliphatic rings. The molecule has 0 atom stereocenters. The topological polar surface area (TPSA) is 103 Å². The molecule has 0 spiro atoms. The third-order valence-electron chi connectivity index (χ3n) is 5.59. The third-order valence-corrected chi connectivity index (χ3v) is 5.59. The molecule has 0 aliphatic carbocycles. The monoisotopic (exact) mass is 414 g/mol. The molecule has 10 heteroatoms. The van der Waals surface area contributed by atoms with Crippen molar-refractivity contribution in [1.29, 1.82) is 0 Å². The van der Waals surface area contributed by atoms with Crippen LogP contribution in [0, 0.1) is 6.92 Å². The number of hydrogen-bond donors (Lipinski definition) is 2. The molecular weight excluding hydrogens is 384 g/mol. The number of piperazine rings is 1. The number of morpholine rings is 1. The van der Waals surface area contributed by atoms with E-state index in [9.17, 15) is 4.79 Å². The smallest absolute Gasteiger partial charge is 0.252 e. The van der Waals surface area contributed by atoms with Crippen molar-refractivity contribution >= 4 is 11.9 Å². The summed E-state index contributed by atoms with van der Waals surface area (Å²) in [5.74, 6) is 1.20. The maximum Gasteiger partial charge on any atom is 0.252 e. The van der Waals surface area contributed by atoms with Crippen molar-refractivity contribution in [3.8, 4) is 11.3 Å². The molecule has 0 amide bonds. The van der Waals surface area contributed by atoms with Gasteiger partial charge in [-0.05, 0) is 14.0 Å². The minimum atomic E-state index is -0.198. The summed E-state index contributed by atoms with van der Waals surface area (Å²) in [6, 6.07) is 1.49. The fourth-order valence-electron chi connectivity index (χ4n) is 3.70. The predicted octanol–water partition coefficient (Wildman–Crippen LogP) is 0.0312. The molecule has 4 rings (SSSR count). The van der Waals surface area contributed by atoms with E-state index in [2.05, 4.69) is 47.0 Å². The average Bonchev–Trinajstić information content (AvgIpc) is 2.74. The van der Waals surface area contributed by atoms with Gasteiger partial charge in [0.1, 0.15) is 0 Å². The van der Waals surface area contributed by atoms with Crippen LogP contribution in [0.1, 0.15) is 5.69 Å². The zero-order valence-corrected chi connectivity index (χ0v) is 17.7. The maximum absolute atomic E-state index is 12.2. The van der Waals surface area contributed by atoms with Crippen molar-refractivity contribution < 1.29 is 4.74 Å². The lowest BCUT2D eigenvalue weighted by Gasteiger charge is -2.32. The summed E-state index contributed by atoms with van der Waals surface area (Å²) < 4.78 is 5.37. The molecule has 0 saturated carbocycles. The minimum Gasteiger partial charge on any atom is -0.379 e. The molecule has 2 aromatic rings. The third kappa shape index (κ3) is 5.13. The van der Waals surface area contributed by atoms with Crippen LogP contribution in [0.15, 0.2) is 17.1 Å². The molecule has 30 heavy (non-hydrogen) atoms. The zero-order chi connectivity index (χ0) is 20.9. The Bertz CT molecular complexity index is 904. The largest absolute Gasteiger partial charge is 0.379 e. The number of rotatable bonds is 6. The number of nitrogens with one attached hydrogen (secondary N) is 2. The SMILES string of the molecule is Cc1nc(N2CCN(C)CC2)ncc1-c1cc(=O)[nH]c(NCCN2CCOCC2)n1. The van der Waals surface area contributed by atoms with Gasteiger partial charge in [-0.2, -0.15) is 0 Å². The van der Waals surface area contributed by atoms with Crippen LogP contribution in [0.2, 0.25) is 0 Å². The first-order valence-electron chi connectivity index (χ1n) is 10.5. The second-order valence-corrected chi connectivity index (χ2v) is 7.82. The first-order valence-corrected chi connectivity index (χ1v) is 10.5. The Hall–Kier alpha value is -2.56. The molecular formula is C20H30N8O2. The minimum absolute atomic E-state index is 0.198. The number of anilines is 2. The van der Waals surface area contributed by atoms with Gasteiger partial charge in [-0.25, -0.2) is 15.0 Å². The van der Waals surface area contributed by atoms with Crippen molar-refractivity contribution in [3.63, 3.8) is 0 Å². The molecule has 2 aromatic heterocycles. The van der Waals surface area contributed by atoms with Crippen molar-refractivity contribution in [2.75, 3.05) is 82.8 Å². The van der Waals surface area contributed by atoms with E-state index in [4.69, 9.17) is 4.74 Å². The van der Waals surface area contributed by atoms with Gasteiger partial charge < -0.3 is 19.9 Å². The van der Waals surface area contributed by atoms with Gasteiger partial charge >= 0.3 is 0 Å². The molecule has 0 aromatic carbocycles. The number of aromatic amines is 1. The number of hydrogen-bond acceptors (Lipinski definition) is 9. The highest BCUT2D eigenvalue weighted by atomic mass is 16.5. The molecule has 0 unspecified atom stereocenters. The van der Waals surface area contributed by atoms with Crippen molar-refractivity contribution in [3.05, 3.63) is 28.3 Å². The normalized spacial score (nSPS) is 18.5. The fraction of sp³-hybridized carbons (Fsp3) is 0.600. The number of likely N-dealkylation sites (N-methyl/N-ethyl adjacent to an activating group) is 1. The molecule has 4 heterocycles. The lowest BCUT2D eigenvalue weighted by Crippen LogP contribution is -2.45. The van der Waals surface area contributed by atoms with Gasteiger partial charge in [-0.1, -0.05) is 0 Å². The number of H-pyrrole nitrogens is 1. The van der Waals surface area contributed by atoms with Crippen LogP contribution < -0.4 is 15.8 Å². The van der Waals surface area contributed by atoms with Crippen molar-refractivity contribution in [1.82, 2.24) is 29.7 Å². The number of ether oxygens (including phenoxy) is 1. The van der Waals surface area contributed by atoms with Gasteiger partial charge in [0, 0.05) is 70.2 Å². The fourth-order valence-corrected chi connectivity index (χ4v) is 3.70. The average molecular weight is 415 g/mol. The molecule has 2 aliphatic heterocycles. The maximum atomic E-state index is 12.2. The quantitative estimate of drug-likeness (QED) is 0.678. The number of aromatic nitrogens is 4. The van der Waals surface area contributed by atoms with Crippen LogP contribution >= 0.6 is 0 Å². The molecule has 2 N–H and O–H groups in total. The Kier molecular flexibility index (Phi) is 6.56. The van der Waals surface area contributed by atoms with Crippen LogP contribution in [0.25, 0.3) is 11.3 Å².